The van der Waals surface area contributed by atoms with Gasteiger partial charge in [-0.15, -0.1) is 0 Å². The van der Waals surface area contributed by atoms with E-state index in [1.54, 1.807) is 43.1 Å². The first-order chi connectivity index (χ1) is 14.4. The maximum Gasteiger partial charge on any atom is 0.258 e. The summed E-state index contributed by atoms with van der Waals surface area (Å²) < 4.78 is 10.4. The monoisotopic (exact) mass is 434 g/mol. The van der Waals surface area contributed by atoms with Crippen LogP contribution in [0.3, 0.4) is 0 Å². The van der Waals surface area contributed by atoms with Crippen LogP contribution in [0, 0.1) is 12.8 Å². The second-order valence-electron chi connectivity index (χ2n) is 7.60. The van der Waals surface area contributed by atoms with Crippen molar-refractivity contribution in [1.29, 1.82) is 0 Å². The predicted molar refractivity (Wildman–Crippen MR) is 111 cm³/mol. The number of hydrogen-bond acceptors (Lipinski definition) is 6. The van der Waals surface area contributed by atoms with Crippen LogP contribution in [0.25, 0.3) is 0 Å². The molecule has 162 valence electrons. The molecule has 0 unspecified atom stereocenters. The number of carbonyl (C=O) groups excluding carboxylic acids is 2. The number of nitrogens with zero attached hydrogens (tertiary/aromatic N) is 3. The first-order valence-electron chi connectivity index (χ1n) is 10.1. The van der Waals surface area contributed by atoms with Gasteiger partial charge in [0.05, 0.1) is 0 Å². The Balaban J connectivity index is 1.36. The highest BCUT2D eigenvalue weighted by molar-refractivity contribution is 6.30. The average Bonchev–Trinajstić information content (AvgIpc) is 3.16. The standard InChI is InChI=1S/C21H27ClN4O4/c1-14-23-19(25-30-14)10-11-26(2)21(28)15-6-8-17(9-7-15)24-20(27)13-29-18-5-3-4-16(22)12-18/h3-5,12,15,17H,6-11,13H2,1-2H3,(H,24,27). The van der Waals surface area contributed by atoms with Crippen LogP contribution in [0.4, 0.5) is 0 Å². The molecule has 1 saturated carbocycles. The van der Waals surface area contributed by atoms with E-state index in [1.165, 1.54) is 0 Å². The van der Waals surface area contributed by atoms with Gasteiger partial charge in [0.2, 0.25) is 11.8 Å². The number of aryl methyl sites for hydroxylation is 1. The summed E-state index contributed by atoms with van der Waals surface area (Å²) in [5.41, 5.74) is 0. The summed E-state index contributed by atoms with van der Waals surface area (Å²) in [5, 5.41) is 7.41. The minimum absolute atomic E-state index is 0.0159. The molecular formula is C21H27ClN4O4. The van der Waals surface area contributed by atoms with Crippen LogP contribution in [0.1, 0.15) is 37.4 Å². The van der Waals surface area contributed by atoms with Crippen LogP contribution in [0.15, 0.2) is 28.8 Å². The van der Waals surface area contributed by atoms with E-state index < -0.39 is 0 Å². The summed E-state index contributed by atoms with van der Waals surface area (Å²) in [7, 11) is 1.80. The molecule has 0 spiro atoms. The van der Waals surface area contributed by atoms with Gasteiger partial charge in [-0.3, -0.25) is 9.59 Å². The topological polar surface area (TPSA) is 97.6 Å². The van der Waals surface area contributed by atoms with Crippen LogP contribution in [0.5, 0.6) is 5.75 Å². The Morgan fingerprint density at radius 1 is 1.30 bits per heavy atom. The minimum Gasteiger partial charge on any atom is -0.484 e. The molecule has 1 N–H and O–H groups in total. The largest absolute Gasteiger partial charge is 0.484 e. The Labute approximate surface area is 180 Å². The maximum absolute atomic E-state index is 12.7. The molecule has 1 fully saturated rings. The number of hydrogen-bond donors (Lipinski definition) is 1. The van der Waals surface area contributed by atoms with Gasteiger partial charge in [0, 0.05) is 43.9 Å². The van der Waals surface area contributed by atoms with E-state index in [0.29, 0.717) is 35.5 Å². The lowest BCUT2D eigenvalue weighted by Crippen LogP contribution is -2.43. The average molecular weight is 435 g/mol. The second-order valence-corrected chi connectivity index (χ2v) is 8.04. The second kappa shape index (κ2) is 10.4. The van der Waals surface area contributed by atoms with E-state index in [9.17, 15) is 9.59 Å². The third-order valence-electron chi connectivity index (χ3n) is 5.22. The number of halogens is 1. The molecule has 1 aromatic carbocycles. The van der Waals surface area contributed by atoms with Crippen molar-refractivity contribution in [3.8, 4) is 5.75 Å². The Morgan fingerprint density at radius 2 is 2.07 bits per heavy atom. The Kier molecular flexibility index (Phi) is 7.68. The highest BCUT2D eigenvalue weighted by atomic mass is 35.5. The first-order valence-corrected chi connectivity index (χ1v) is 10.5. The van der Waals surface area contributed by atoms with Crippen molar-refractivity contribution in [2.75, 3.05) is 20.2 Å². The number of amides is 2. The highest BCUT2D eigenvalue weighted by Gasteiger charge is 2.29. The van der Waals surface area contributed by atoms with E-state index >= 15 is 0 Å². The van der Waals surface area contributed by atoms with Crippen LogP contribution in [-0.2, 0) is 16.0 Å². The fourth-order valence-corrected chi connectivity index (χ4v) is 3.77. The van der Waals surface area contributed by atoms with E-state index in [4.69, 9.17) is 20.9 Å². The molecule has 1 aliphatic rings. The SMILES string of the molecule is Cc1nc(CCN(C)C(=O)C2CCC(NC(=O)COc3cccc(Cl)c3)CC2)no1. The number of likely N-dealkylation sites (N-methyl/N-ethyl adjacent to an activating group) is 1. The highest BCUT2D eigenvalue weighted by Crippen LogP contribution is 2.26. The molecule has 1 heterocycles. The van der Waals surface area contributed by atoms with Gasteiger partial charge in [-0.2, -0.15) is 4.98 Å². The van der Waals surface area contributed by atoms with Gasteiger partial charge < -0.3 is 19.5 Å². The molecular weight excluding hydrogens is 408 g/mol. The van der Waals surface area contributed by atoms with Crippen LogP contribution in [0.2, 0.25) is 5.02 Å². The Morgan fingerprint density at radius 3 is 2.73 bits per heavy atom. The summed E-state index contributed by atoms with van der Waals surface area (Å²) >= 11 is 5.91. The molecule has 1 aromatic heterocycles. The third kappa shape index (κ3) is 6.45. The van der Waals surface area contributed by atoms with Gasteiger partial charge >= 0.3 is 0 Å². The van der Waals surface area contributed by atoms with Crippen molar-refractivity contribution in [1.82, 2.24) is 20.4 Å². The fourth-order valence-electron chi connectivity index (χ4n) is 3.59. The predicted octanol–water partition coefficient (Wildman–Crippen LogP) is 2.79. The summed E-state index contributed by atoms with van der Waals surface area (Å²) in [6.45, 7) is 2.23. The quantitative estimate of drug-likeness (QED) is 0.686. The van der Waals surface area contributed by atoms with Crippen molar-refractivity contribution >= 4 is 23.4 Å². The molecule has 0 atom stereocenters. The zero-order valence-corrected chi connectivity index (χ0v) is 18.0. The van der Waals surface area contributed by atoms with Crippen molar-refractivity contribution in [3.63, 3.8) is 0 Å². The number of nitrogens with one attached hydrogen (secondary N) is 1. The lowest BCUT2D eigenvalue weighted by molar-refractivity contribution is -0.135. The molecule has 0 bridgehead atoms. The van der Waals surface area contributed by atoms with Crippen molar-refractivity contribution in [2.45, 2.75) is 45.1 Å². The van der Waals surface area contributed by atoms with Crippen LogP contribution < -0.4 is 10.1 Å². The summed E-state index contributed by atoms with van der Waals surface area (Å²) in [5.74, 6) is 1.64. The van der Waals surface area contributed by atoms with Crippen LogP contribution >= 0.6 is 11.6 Å². The molecule has 9 heteroatoms. The van der Waals surface area contributed by atoms with Gasteiger partial charge in [0.25, 0.3) is 5.91 Å². The van der Waals surface area contributed by atoms with Crippen molar-refractivity contribution < 1.29 is 18.8 Å². The molecule has 0 aliphatic heterocycles. The van der Waals surface area contributed by atoms with Gasteiger partial charge in [0.1, 0.15) is 5.75 Å². The lowest BCUT2D eigenvalue weighted by atomic mass is 9.85. The van der Waals surface area contributed by atoms with Gasteiger partial charge in [-0.1, -0.05) is 22.8 Å². The number of carbonyl (C=O) groups is 2. The minimum atomic E-state index is -0.169. The molecule has 2 aromatic rings. The Bertz CT molecular complexity index is 864. The van der Waals surface area contributed by atoms with Gasteiger partial charge in [-0.25, -0.2) is 0 Å². The zero-order valence-electron chi connectivity index (χ0n) is 17.3. The normalized spacial score (nSPS) is 18.6. The molecule has 3 rings (SSSR count). The van der Waals surface area contributed by atoms with E-state index in [2.05, 4.69) is 15.5 Å². The van der Waals surface area contributed by atoms with E-state index in [0.717, 1.165) is 25.7 Å². The fraction of sp³-hybridized carbons (Fsp3) is 0.524. The zero-order chi connectivity index (χ0) is 21.5. The summed E-state index contributed by atoms with van der Waals surface area (Å²) in [6.07, 6.45) is 3.63. The molecule has 0 saturated heterocycles. The molecule has 1 aliphatic carbocycles. The van der Waals surface area contributed by atoms with E-state index in [1.807, 2.05) is 0 Å². The van der Waals surface area contributed by atoms with Crippen molar-refractivity contribution in [3.05, 3.63) is 41.0 Å². The van der Waals surface area contributed by atoms with Crippen molar-refractivity contribution in [2.24, 2.45) is 5.92 Å². The smallest absolute Gasteiger partial charge is 0.258 e. The third-order valence-corrected chi connectivity index (χ3v) is 5.46. The van der Waals surface area contributed by atoms with Gasteiger partial charge in [-0.05, 0) is 43.9 Å². The van der Waals surface area contributed by atoms with Crippen LogP contribution in [-0.4, -0.2) is 53.1 Å². The number of rotatable bonds is 8. The number of benzene rings is 1. The number of aromatic nitrogens is 2. The van der Waals surface area contributed by atoms with Gasteiger partial charge in [0.15, 0.2) is 12.4 Å². The lowest BCUT2D eigenvalue weighted by Gasteiger charge is -2.30. The molecule has 0 radical (unpaired) electrons. The molecule has 30 heavy (non-hydrogen) atoms. The maximum atomic E-state index is 12.7. The van der Waals surface area contributed by atoms with E-state index in [-0.39, 0.29) is 30.4 Å². The summed E-state index contributed by atoms with van der Waals surface area (Å²) in [6, 6.07) is 7.01. The Hall–Kier alpha value is -2.61. The summed E-state index contributed by atoms with van der Waals surface area (Å²) in [4.78, 5) is 30.7. The number of ether oxygens (including phenoxy) is 1. The molecule has 2 amide bonds. The molecule has 8 nitrogen and oxygen atoms in total. The first kappa shape index (κ1) is 22.1.